The van der Waals surface area contributed by atoms with Gasteiger partial charge in [0.15, 0.2) is 46.0 Å². The molecule has 0 saturated carbocycles. The van der Waals surface area contributed by atoms with Gasteiger partial charge in [0.1, 0.15) is 0 Å². The number of rotatable bonds is 5. The molecule has 176 valence electrons. The SMILES string of the molecule is CC(=O)c1cc(O)c(O)c(OC(=O)c2cc(O)c(O)c(OC(=O)c3cc(O)c(O)c(O)c3)c2)c1. The van der Waals surface area contributed by atoms with Crippen LogP contribution in [0.15, 0.2) is 36.4 Å². The van der Waals surface area contributed by atoms with E-state index in [-0.39, 0.29) is 5.56 Å². The van der Waals surface area contributed by atoms with Gasteiger partial charge in [0.2, 0.25) is 11.5 Å². The van der Waals surface area contributed by atoms with Gasteiger partial charge in [-0.1, -0.05) is 0 Å². The molecule has 34 heavy (non-hydrogen) atoms. The summed E-state index contributed by atoms with van der Waals surface area (Å²) in [7, 11) is 0. The largest absolute Gasteiger partial charge is 0.504 e. The van der Waals surface area contributed by atoms with Crippen molar-refractivity contribution in [2.24, 2.45) is 0 Å². The van der Waals surface area contributed by atoms with E-state index in [9.17, 15) is 50.1 Å². The molecule has 7 N–H and O–H groups in total. The maximum Gasteiger partial charge on any atom is 0.343 e. The topological polar surface area (TPSA) is 211 Å². The molecule has 0 aliphatic heterocycles. The first kappa shape index (κ1) is 23.5. The van der Waals surface area contributed by atoms with E-state index in [1.165, 1.54) is 6.92 Å². The number of esters is 2. The van der Waals surface area contributed by atoms with Crippen LogP contribution in [-0.2, 0) is 0 Å². The van der Waals surface area contributed by atoms with Crippen LogP contribution >= 0.6 is 0 Å². The molecule has 0 radical (unpaired) electrons. The number of benzene rings is 3. The van der Waals surface area contributed by atoms with Gasteiger partial charge in [0.05, 0.1) is 11.1 Å². The van der Waals surface area contributed by atoms with Crippen molar-refractivity contribution in [1.29, 1.82) is 0 Å². The average molecular weight is 472 g/mol. The lowest BCUT2D eigenvalue weighted by Gasteiger charge is -2.12. The van der Waals surface area contributed by atoms with Gasteiger partial charge in [-0.3, -0.25) is 4.79 Å². The fraction of sp³-hybridized carbons (Fsp3) is 0.0455. The zero-order chi connectivity index (χ0) is 25.3. The lowest BCUT2D eigenvalue weighted by Crippen LogP contribution is -2.12. The van der Waals surface area contributed by atoms with E-state index in [0.717, 1.165) is 36.4 Å². The monoisotopic (exact) mass is 472 g/mol. The van der Waals surface area contributed by atoms with Crippen LogP contribution in [0, 0.1) is 0 Å². The second-order valence-electron chi connectivity index (χ2n) is 6.88. The number of ketones is 1. The minimum atomic E-state index is -1.26. The third kappa shape index (κ3) is 4.55. The molecule has 0 bridgehead atoms. The third-order valence-electron chi connectivity index (χ3n) is 4.46. The van der Waals surface area contributed by atoms with E-state index >= 15 is 0 Å². The molecule has 12 heteroatoms. The Morgan fingerprint density at radius 1 is 0.529 bits per heavy atom. The lowest BCUT2D eigenvalue weighted by atomic mass is 10.1. The van der Waals surface area contributed by atoms with Gasteiger partial charge in [-0.15, -0.1) is 0 Å². The van der Waals surface area contributed by atoms with Crippen molar-refractivity contribution in [2.75, 3.05) is 0 Å². The summed E-state index contributed by atoms with van der Waals surface area (Å²) in [5.74, 6) is -10.3. The fourth-order valence-electron chi connectivity index (χ4n) is 2.70. The summed E-state index contributed by atoms with van der Waals surface area (Å²) < 4.78 is 9.86. The molecule has 0 fully saturated rings. The van der Waals surface area contributed by atoms with Crippen molar-refractivity contribution >= 4 is 17.7 Å². The summed E-state index contributed by atoms with van der Waals surface area (Å²) >= 11 is 0. The van der Waals surface area contributed by atoms with E-state index in [1.54, 1.807) is 0 Å². The molecule has 3 rings (SSSR count). The third-order valence-corrected chi connectivity index (χ3v) is 4.46. The van der Waals surface area contributed by atoms with E-state index < -0.39 is 80.6 Å². The number of Topliss-reactive ketones (excluding diaryl/α,β-unsaturated/α-hetero) is 1. The summed E-state index contributed by atoms with van der Waals surface area (Å²) in [6.45, 7) is 1.17. The normalized spacial score (nSPS) is 10.5. The van der Waals surface area contributed by atoms with Crippen molar-refractivity contribution in [3.05, 3.63) is 53.1 Å². The molecule has 0 heterocycles. The van der Waals surface area contributed by atoms with Crippen molar-refractivity contribution in [2.45, 2.75) is 6.92 Å². The van der Waals surface area contributed by atoms with Gasteiger partial charge in [0.25, 0.3) is 0 Å². The van der Waals surface area contributed by atoms with Crippen molar-refractivity contribution in [1.82, 2.24) is 0 Å². The van der Waals surface area contributed by atoms with Crippen LogP contribution in [0.25, 0.3) is 0 Å². The average Bonchev–Trinajstić information content (AvgIpc) is 2.77. The molecule has 3 aromatic carbocycles. The van der Waals surface area contributed by atoms with Crippen LogP contribution in [0.3, 0.4) is 0 Å². The number of hydrogen-bond acceptors (Lipinski definition) is 12. The Kier molecular flexibility index (Phi) is 6.08. The molecule has 12 nitrogen and oxygen atoms in total. The van der Waals surface area contributed by atoms with Gasteiger partial charge in [-0.25, -0.2) is 9.59 Å². The Hall–Kier alpha value is -5.13. The minimum absolute atomic E-state index is 0.0818. The number of phenolic OH excluding ortho intramolecular Hbond substituents is 7. The number of carbonyl (C=O) groups is 3. The Morgan fingerprint density at radius 2 is 0.853 bits per heavy atom. The Labute approximate surface area is 189 Å². The first-order valence-electron chi connectivity index (χ1n) is 9.21. The van der Waals surface area contributed by atoms with Crippen LogP contribution in [0.2, 0.25) is 0 Å². The first-order chi connectivity index (χ1) is 15.9. The van der Waals surface area contributed by atoms with E-state index in [0.29, 0.717) is 0 Å². The Bertz CT molecular complexity index is 1320. The van der Waals surface area contributed by atoms with Gasteiger partial charge in [-0.05, 0) is 43.3 Å². The molecular formula is C22H16O12. The number of phenols is 7. The molecule has 0 aliphatic rings. The Morgan fingerprint density at radius 3 is 1.26 bits per heavy atom. The number of ether oxygens (including phenoxy) is 2. The number of aromatic hydroxyl groups is 7. The van der Waals surface area contributed by atoms with E-state index in [2.05, 4.69) is 0 Å². The van der Waals surface area contributed by atoms with Crippen molar-refractivity contribution < 1.29 is 59.6 Å². The highest BCUT2D eigenvalue weighted by molar-refractivity contribution is 5.97. The molecule has 0 aromatic heterocycles. The molecule has 0 atom stereocenters. The van der Waals surface area contributed by atoms with Crippen LogP contribution in [0.1, 0.15) is 38.0 Å². The molecule has 0 spiro atoms. The lowest BCUT2D eigenvalue weighted by molar-refractivity contribution is 0.0707. The number of carbonyl (C=O) groups excluding carboxylic acids is 3. The summed E-state index contributed by atoms with van der Waals surface area (Å²) in [5.41, 5.74) is -1.02. The first-order valence-corrected chi connectivity index (χ1v) is 9.21. The predicted molar refractivity (Wildman–Crippen MR) is 111 cm³/mol. The zero-order valence-corrected chi connectivity index (χ0v) is 17.1. The van der Waals surface area contributed by atoms with Crippen LogP contribution in [0.5, 0.6) is 51.7 Å². The highest BCUT2D eigenvalue weighted by Crippen LogP contribution is 2.40. The van der Waals surface area contributed by atoms with Crippen LogP contribution < -0.4 is 9.47 Å². The molecule has 3 aromatic rings. The maximum atomic E-state index is 12.5. The standard InChI is InChI=1S/C22H16O12/c1-8(23)9-2-14(26)19(29)16(6-9)33-22(32)11-5-15(27)20(30)17(7-11)34-21(31)10-3-12(24)18(28)13(25)4-10/h2-7,24-30H,1H3. The van der Waals surface area contributed by atoms with Gasteiger partial charge in [-0.2, -0.15) is 0 Å². The molecule has 0 saturated heterocycles. The zero-order valence-electron chi connectivity index (χ0n) is 17.1. The van der Waals surface area contributed by atoms with E-state index in [4.69, 9.17) is 9.47 Å². The fourth-order valence-corrected chi connectivity index (χ4v) is 2.70. The molecule has 0 amide bonds. The highest BCUT2D eigenvalue weighted by Gasteiger charge is 2.23. The van der Waals surface area contributed by atoms with Crippen molar-refractivity contribution in [3.63, 3.8) is 0 Å². The summed E-state index contributed by atoms with van der Waals surface area (Å²) in [5, 5.41) is 67.9. The molecule has 0 aliphatic carbocycles. The van der Waals surface area contributed by atoms with Crippen LogP contribution in [0.4, 0.5) is 0 Å². The molecule has 0 unspecified atom stereocenters. The summed E-state index contributed by atoms with van der Waals surface area (Å²) in [6, 6.07) is 4.99. The van der Waals surface area contributed by atoms with E-state index in [1.807, 2.05) is 0 Å². The smallest absolute Gasteiger partial charge is 0.343 e. The van der Waals surface area contributed by atoms with Gasteiger partial charge in [0, 0.05) is 5.56 Å². The van der Waals surface area contributed by atoms with Gasteiger partial charge >= 0.3 is 11.9 Å². The molecular weight excluding hydrogens is 456 g/mol. The van der Waals surface area contributed by atoms with Crippen molar-refractivity contribution in [3.8, 4) is 51.7 Å². The Balaban J connectivity index is 1.92. The predicted octanol–water partition coefficient (Wildman–Crippen LogP) is 2.27. The highest BCUT2D eigenvalue weighted by atomic mass is 16.5. The summed E-state index contributed by atoms with van der Waals surface area (Å²) in [4.78, 5) is 36.4. The quantitative estimate of drug-likeness (QED) is 0.123. The number of hydrogen-bond donors (Lipinski definition) is 7. The second kappa shape index (κ2) is 8.78. The minimum Gasteiger partial charge on any atom is -0.504 e. The second-order valence-corrected chi connectivity index (χ2v) is 6.88. The summed E-state index contributed by atoms with van der Waals surface area (Å²) in [6.07, 6.45) is 0. The van der Waals surface area contributed by atoms with Crippen LogP contribution in [-0.4, -0.2) is 53.5 Å². The maximum absolute atomic E-state index is 12.5. The van der Waals surface area contributed by atoms with Gasteiger partial charge < -0.3 is 45.2 Å².